The molecule has 3 N–H and O–H groups in total. The van der Waals surface area contributed by atoms with Gasteiger partial charge in [0, 0.05) is 57.5 Å². The van der Waals surface area contributed by atoms with Crippen molar-refractivity contribution < 1.29 is 24.5 Å². The number of fused-ring (bicyclic) bond motifs is 4. The van der Waals surface area contributed by atoms with Crippen molar-refractivity contribution in [1.82, 2.24) is 4.98 Å². The van der Waals surface area contributed by atoms with Crippen LogP contribution in [0.1, 0.15) is 27.4 Å². The molecule has 0 saturated carbocycles. The Bertz CT molecular complexity index is 1750. The van der Waals surface area contributed by atoms with E-state index in [1.807, 2.05) is 73.7 Å². The molecule has 5 aromatic rings. The van der Waals surface area contributed by atoms with Crippen LogP contribution >= 0.6 is 11.6 Å². The number of carbonyl (C=O) groups is 1. The molecule has 0 unspecified atom stereocenters. The maximum atomic E-state index is 13.9. The van der Waals surface area contributed by atoms with Gasteiger partial charge in [-0.3, -0.25) is 4.79 Å². The number of ether oxygens (including phenoxy) is 2. The second kappa shape index (κ2) is 11.4. The van der Waals surface area contributed by atoms with E-state index in [0.29, 0.717) is 43.5 Å². The molecule has 6 rings (SSSR count). The van der Waals surface area contributed by atoms with E-state index in [0.717, 1.165) is 49.8 Å². The minimum absolute atomic E-state index is 0.0110. The van der Waals surface area contributed by atoms with E-state index in [1.54, 1.807) is 11.0 Å². The highest BCUT2D eigenvalue weighted by atomic mass is 35.5. The fraction of sp³-hybridized carbons (Fsp3) is 0.242. The number of benzene rings is 4. The van der Waals surface area contributed by atoms with Crippen molar-refractivity contribution in [2.45, 2.75) is 12.8 Å². The number of alkyl halides is 1. The number of nitrogens with zero attached hydrogens (tertiary/aromatic N) is 1. The first-order valence-electron chi connectivity index (χ1n) is 13.7. The van der Waals surface area contributed by atoms with Crippen LogP contribution in [0.15, 0.2) is 72.8 Å². The van der Waals surface area contributed by atoms with Crippen LogP contribution in [0.3, 0.4) is 0 Å². The lowest BCUT2D eigenvalue weighted by Gasteiger charge is -2.19. The number of aliphatic hydroxyl groups excluding tert-OH is 1. The summed E-state index contributed by atoms with van der Waals surface area (Å²) in [5, 5.41) is 22.3. The molecular weight excluding hydrogens is 540 g/mol. The summed E-state index contributed by atoms with van der Waals surface area (Å²) in [5.41, 5.74) is 6.13. The zero-order valence-electron chi connectivity index (χ0n) is 22.7. The van der Waals surface area contributed by atoms with Crippen molar-refractivity contribution in [2.75, 3.05) is 43.8 Å². The molecule has 210 valence electrons. The average Bonchev–Trinajstić information content (AvgIpc) is 3.58. The van der Waals surface area contributed by atoms with Crippen molar-refractivity contribution in [1.29, 1.82) is 0 Å². The third kappa shape index (κ3) is 5.12. The Morgan fingerprint density at radius 2 is 1.90 bits per heavy atom. The van der Waals surface area contributed by atoms with Crippen molar-refractivity contribution >= 4 is 44.9 Å². The van der Waals surface area contributed by atoms with Gasteiger partial charge in [-0.1, -0.05) is 30.3 Å². The number of aromatic amines is 1. The number of carbonyl (C=O) groups excluding carboxylic acids is 1. The zero-order chi connectivity index (χ0) is 28.5. The molecule has 0 bridgehead atoms. The van der Waals surface area contributed by atoms with Crippen LogP contribution in [0.5, 0.6) is 11.5 Å². The Morgan fingerprint density at radius 1 is 1.05 bits per heavy atom. The van der Waals surface area contributed by atoms with Gasteiger partial charge in [0.2, 0.25) is 0 Å². The van der Waals surface area contributed by atoms with Gasteiger partial charge >= 0.3 is 0 Å². The highest BCUT2D eigenvalue weighted by Gasteiger charge is 2.35. The molecule has 1 aromatic heterocycles. The summed E-state index contributed by atoms with van der Waals surface area (Å²) in [6, 6.07) is 23.0. The Morgan fingerprint density at radius 3 is 2.73 bits per heavy atom. The lowest BCUT2D eigenvalue weighted by molar-refractivity contribution is 0.0705. The molecule has 1 aliphatic rings. The van der Waals surface area contributed by atoms with Crippen LogP contribution in [-0.4, -0.2) is 60.0 Å². The topological polar surface area (TPSA) is 95.0 Å². The van der Waals surface area contributed by atoms with Crippen molar-refractivity contribution in [3.63, 3.8) is 0 Å². The summed E-state index contributed by atoms with van der Waals surface area (Å²) < 4.78 is 11.0. The van der Waals surface area contributed by atoms with Crippen LogP contribution in [0.25, 0.3) is 32.9 Å². The molecule has 0 fully saturated rings. The molecule has 1 atom stereocenters. The SMILES string of the molecule is Cc1cccc2c(O)cc3c(c12)[C@H](CCl)CN3C(=O)c1ccc2[nH]c(-c3cccc(OCCOCCO)c3)cc2c1. The Balaban J connectivity index is 1.28. The predicted octanol–water partition coefficient (Wildman–Crippen LogP) is 6.37. The van der Waals surface area contributed by atoms with Gasteiger partial charge in [0.1, 0.15) is 18.1 Å². The fourth-order valence-corrected chi connectivity index (χ4v) is 5.98. The van der Waals surface area contributed by atoms with E-state index < -0.39 is 0 Å². The average molecular weight is 571 g/mol. The number of halogens is 1. The number of aromatic nitrogens is 1. The number of hydrogen-bond donors (Lipinski definition) is 3. The van der Waals surface area contributed by atoms with Crippen LogP contribution in [-0.2, 0) is 4.74 Å². The summed E-state index contributed by atoms with van der Waals surface area (Å²) in [7, 11) is 0. The summed E-state index contributed by atoms with van der Waals surface area (Å²) in [4.78, 5) is 19.1. The van der Waals surface area contributed by atoms with Gasteiger partial charge in [0.15, 0.2) is 0 Å². The predicted molar refractivity (Wildman–Crippen MR) is 163 cm³/mol. The molecule has 7 nitrogen and oxygen atoms in total. The number of aryl methyl sites for hydroxylation is 1. The number of phenols is 1. The summed E-state index contributed by atoms with van der Waals surface area (Å²) >= 11 is 6.41. The number of nitrogens with one attached hydrogen (secondary N) is 1. The molecule has 0 radical (unpaired) electrons. The molecule has 1 aliphatic heterocycles. The maximum Gasteiger partial charge on any atom is 0.258 e. The zero-order valence-corrected chi connectivity index (χ0v) is 23.4. The minimum atomic E-state index is -0.130. The van der Waals surface area contributed by atoms with Gasteiger partial charge < -0.3 is 29.6 Å². The normalized spacial score (nSPS) is 14.6. The van der Waals surface area contributed by atoms with Gasteiger partial charge in [-0.05, 0) is 59.8 Å². The van der Waals surface area contributed by atoms with Crippen LogP contribution in [0, 0.1) is 6.92 Å². The molecular formula is C33H31ClN2O5. The van der Waals surface area contributed by atoms with E-state index in [1.165, 1.54) is 0 Å². The van der Waals surface area contributed by atoms with E-state index in [4.69, 9.17) is 26.2 Å². The number of amides is 1. The second-order valence-electron chi connectivity index (χ2n) is 10.3. The van der Waals surface area contributed by atoms with Gasteiger partial charge in [-0.15, -0.1) is 11.6 Å². The molecule has 41 heavy (non-hydrogen) atoms. The number of aliphatic hydroxyl groups is 1. The van der Waals surface area contributed by atoms with Gasteiger partial charge in [0.05, 0.1) is 25.5 Å². The number of H-pyrrole nitrogens is 1. The fourth-order valence-electron chi connectivity index (χ4n) is 5.73. The lowest BCUT2D eigenvalue weighted by atomic mass is 9.92. The molecule has 0 saturated heterocycles. The largest absolute Gasteiger partial charge is 0.507 e. The Kier molecular flexibility index (Phi) is 7.58. The summed E-state index contributed by atoms with van der Waals surface area (Å²) in [5.74, 6) is 1.10. The molecule has 1 amide bonds. The van der Waals surface area contributed by atoms with E-state index in [-0.39, 0.29) is 24.2 Å². The van der Waals surface area contributed by atoms with Crippen LogP contribution < -0.4 is 9.64 Å². The first-order chi connectivity index (χ1) is 20.0. The third-order valence-corrected chi connectivity index (χ3v) is 8.02. The van der Waals surface area contributed by atoms with Gasteiger partial charge in [0.25, 0.3) is 5.91 Å². The van der Waals surface area contributed by atoms with Crippen molar-refractivity contribution in [3.8, 4) is 22.8 Å². The van der Waals surface area contributed by atoms with Gasteiger partial charge in [-0.25, -0.2) is 0 Å². The highest BCUT2D eigenvalue weighted by molar-refractivity contribution is 6.19. The summed E-state index contributed by atoms with van der Waals surface area (Å²) in [6.07, 6.45) is 0. The molecule has 0 aliphatic carbocycles. The summed E-state index contributed by atoms with van der Waals surface area (Å²) in [6.45, 7) is 3.54. The molecule has 2 heterocycles. The number of phenolic OH excluding ortho intramolecular Hbond substituents is 1. The first kappa shape index (κ1) is 27.1. The Labute approximate surface area is 242 Å². The van der Waals surface area contributed by atoms with E-state index >= 15 is 0 Å². The Hall–Kier alpha value is -4.04. The van der Waals surface area contributed by atoms with Crippen molar-refractivity contribution in [3.05, 3.63) is 89.5 Å². The standard InChI is InChI=1S/C33H31ClN2O5/c1-20-4-2-7-26-30(38)17-29-32(31(20)26)24(18-34)19-36(29)33(39)22-8-9-27-23(14-22)16-28(35-27)21-5-3-6-25(15-21)41-13-12-40-11-10-37/h2-9,14-17,24,35,37-38H,10-13,18-19H2,1H3/t24-/m1/s1. The third-order valence-electron chi connectivity index (χ3n) is 7.65. The van der Waals surface area contributed by atoms with Gasteiger partial charge in [-0.2, -0.15) is 0 Å². The quantitative estimate of drug-likeness (QED) is 0.141. The minimum Gasteiger partial charge on any atom is -0.507 e. The van der Waals surface area contributed by atoms with E-state index in [9.17, 15) is 9.90 Å². The molecule has 4 aromatic carbocycles. The highest BCUT2D eigenvalue weighted by Crippen LogP contribution is 2.46. The number of aromatic hydroxyl groups is 1. The molecule has 0 spiro atoms. The lowest BCUT2D eigenvalue weighted by Crippen LogP contribution is -2.30. The monoisotopic (exact) mass is 570 g/mol. The van der Waals surface area contributed by atoms with Crippen LogP contribution in [0.4, 0.5) is 5.69 Å². The number of anilines is 1. The number of rotatable bonds is 9. The second-order valence-corrected chi connectivity index (χ2v) is 10.6. The molecule has 8 heteroatoms. The van der Waals surface area contributed by atoms with Crippen LogP contribution in [0.2, 0.25) is 0 Å². The smallest absolute Gasteiger partial charge is 0.258 e. The number of hydrogen-bond acceptors (Lipinski definition) is 5. The first-order valence-corrected chi connectivity index (χ1v) is 14.2. The van der Waals surface area contributed by atoms with E-state index in [2.05, 4.69) is 4.98 Å². The van der Waals surface area contributed by atoms with Crippen molar-refractivity contribution in [2.24, 2.45) is 0 Å². The maximum absolute atomic E-state index is 13.9.